The van der Waals surface area contributed by atoms with E-state index >= 15 is 0 Å². The minimum absolute atomic E-state index is 0.105. The molecule has 138 valence electrons. The molecular formula is C18H22N4O4. The number of amides is 2. The SMILES string of the molecule is CN(C(=O)n1cnc(-c2cccc(C(=O)NO)c2)c1)C1CCC(O)CC1. The van der Waals surface area contributed by atoms with Gasteiger partial charge in [-0.3, -0.25) is 14.6 Å². The van der Waals surface area contributed by atoms with Crippen LogP contribution in [-0.2, 0) is 0 Å². The third-order valence-corrected chi connectivity index (χ3v) is 4.84. The van der Waals surface area contributed by atoms with Gasteiger partial charge in [0, 0.05) is 30.4 Å². The van der Waals surface area contributed by atoms with Gasteiger partial charge < -0.3 is 10.0 Å². The molecule has 0 radical (unpaired) electrons. The summed E-state index contributed by atoms with van der Waals surface area (Å²) in [5.41, 5.74) is 3.11. The summed E-state index contributed by atoms with van der Waals surface area (Å²) in [7, 11) is 1.76. The van der Waals surface area contributed by atoms with E-state index in [2.05, 4.69) is 4.98 Å². The fourth-order valence-corrected chi connectivity index (χ4v) is 3.24. The number of carbonyl (C=O) groups is 2. The number of imidazole rings is 1. The van der Waals surface area contributed by atoms with Crippen molar-refractivity contribution in [3.05, 3.63) is 42.4 Å². The second-order valence-corrected chi connectivity index (χ2v) is 6.54. The standard InChI is InChI=1S/C18H22N4O4/c1-21(14-5-7-15(23)8-6-14)18(25)22-10-16(19-11-22)12-3-2-4-13(9-12)17(24)20-26/h2-4,9-11,14-15,23,26H,5-8H2,1H3,(H,20,24). The molecule has 3 rings (SSSR count). The largest absolute Gasteiger partial charge is 0.393 e. The van der Waals surface area contributed by atoms with Crippen molar-refractivity contribution in [3.8, 4) is 11.3 Å². The molecule has 0 atom stereocenters. The number of carbonyl (C=O) groups excluding carboxylic acids is 2. The van der Waals surface area contributed by atoms with E-state index in [-0.39, 0.29) is 18.2 Å². The van der Waals surface area contributed by atoms with E-state index in [0.717, 1.165) is 12.8 Å². The van der Waals surface area contributed by atoms with Gasteiger partial charge in [0.2, 0.25) is 0 Å². The first-order valence-corrected chi connectivity index (χ1v) is 8.53. The fraction of sp³-hybridized carbons (Fsp3) is 0.389. The van der Waals surface area contributed by atoms with E-state index < -0.39 is 5.91 Å². The maximum absolute atomic E-state index is 12.7. The third-order valence-electron chi connectivity index (χ3n) is 4.84. The highest BCUT2D eigenvalue weighted by atomic mass is 16.5. The number of hydroxylamine groups is 1. The van der Waals surface area contributed by atoms with Crippen LogP contribution in [0.3, 0.4) is 0 Å². The van der Waals surface area contributed by atoms with Crippen LogP contribution in [0.15, 0.2) is 36.8 Å². The van der Waals surface area contributed by atoms with Crippen LogP contribution in [0.4, 0.5) is 4.79 Å². The molecule has 2 amide bonds. The molecule has 0 saturated heterocycles. The van der Waals surface area contributed by atoms with Gasteiger partial charge in [-0.1, -0.05) is 12.1 Å². The maximum Gasteiger partial charge on any atom is 0.329 e. The number of benzene rings is 1. The molecule has 8 heteroatoms. The van der Waals surface area contributed by atoms with Gasteiger partial charge in [0.05, 0.1) is 11.8 Å². The minimum Gasteiger partial charge on any atom is -0.393 e. The quantitative estimate of drug-likeness (QED) is 0.573. The van der Waals surface area contributed by atoms with Gasteiger partial charge in [0.25, 0.3) is 5.91 Å². The van der Waals surface area contributed by atoms with Crippen LogP contribution in [0.1, 0.15) is 36.0 Å². The monoisotopic (exact) mass is 358 g/mol. The zero-order valence-corrected chi connectivity index (χ0v) is 14.5. The Hall–Kier alpha value is -2.71. The van der Waals surface area contributed by atoms with Crippen LogP contribution in [0.2, 0.25) is 0 Å². The van der Waals surface area contributed by atoms with Gasteiger partial charge in [-0.15, -0.1) is 0 Å². The Balaban J connectivity index is 1.75. The van der Waals surface area contributed by atoms with Gasteiger partial charge in [-0.05, 0) is 37.8 Å². The number of nitrogens with zero attached hydrogens (tertiary/aromatic N) is 3. The Labute approximate surface area is 151 Å². The molecule has 1 aliphatic rings. The van der Waals surface area contributed by atoms with Crippen LogP contribution < -0.4 is 5.48 Å². The molecule has 1 fully saturated rings. The molecule has 0 bridgehead atoms. The van der Waals surface area contributed by atoms with Crippen molar-refractivity contribution in [1.82, 2.24) is 19.9 Å². The maximum atomic E-state index is 12.7. The summed E-state index contributed by atoms with van der Waals surface area (Å²) >= 11 is 0. The highest BCUT2D eigenvalue weighted by molar-refractivity contribution is 5.94. The summed E-state index contributed by atoms with van der Waals surface area (Å²) in [6.07, 6.45) is 5.77. The van der Waals surface area contributed by atoms with Gasteiger partial charge in [0.1, 0.15) is 6.33 Å². The summed E-state index contributed by atoms with van der Waals surface area (Å²) in [6.45, 7) is 0. The lowest BCUT2D eigenvalue weighted by Gasteiger charge is -2.32. The highest BCUT2D eigenvalue weighted by Gasteiger charge is 2.26. The lowest BCUT2D eigenvalue weighted by Crippen LogP contribution is -2.42. The number of aromatic nitrogens is 2. The Morgan fingerprint density at radius 2 is 2.00 bits per heavy atom. The predicted molar refractivity (Wildman–Crippen MR) is 93.7 cm³/mol. The van der Waals surface area contributed by atoms with Gasteiger partial charge >= 0.3 is 6.03 Å². The third kappa shape index (κ3) is 3.76. The summed E-state index contributed by atoms with van der Waals surface area (Å²) in [4.78, 5) is 30.2. The average Bonchev–Trinajstić information content (AvgIpc) is 3.17. The zero-order chi connectivity index (χ0) is 18.7. The second-order valence-electron chi connectivity index (χ2n) is 6.54. The number of aliphatic hydroxyl groups is 1. The van der Waals surface area contributed by atoms with Crippen molar-refractivity contribution >= 4 is 11.9 Å². The molecule has 2 aromatic rings. The van der Waals surface area contributed by atoms with Crippen molar-refractivity contribution in [2.75, 3.05) is 7.05 Å². The van der Waals surface area contributed by atoms with E-state index in [1.54, 1.807) is 47.9 Å². The molecule has 1 aromatic carbocycles. The molecule has 1 heterocycles. The summed E-state index contributed by atoms with van der Waals surface area (Å²) in [5, 5.41) is 18.4. The number of rotatable bonds is 3. The van der Waals surface area contributed by atoms with Crippen LogP contribution >= 0.6 is 0 Å². The van der Waals surface area contributed by atoms with Crippen molar-refractivity contribution < 1.29 is 19.9 Å². The number of nitrogens with one attached hydrogen (secondary N) is 1. The molecule has 1 aromatic heterocycles. The molecule has 1 saturated carbocycles. The average molecular weight is 358 g/mol. The van der Waals surface area contributed by atoms with E-state index in [4.69, 9.17) is 5.21 Å². The molecule has 0 unspecified atom stereocenters. The normalized spacial score (nSPS) is 19.8. The van der Waals surface area contributed by atoms with Crippen molar-refractivity contribution in [3.63, 3.8) is 0 Å². The summed E-state index contributed by atoms with van der Waals surface area (Å²) in [5.74, 6) is -0.610. The Kier molecular flexibility index (Phi) is 5.34. The van der Waals surface area contributed by atoms with Gasteiger partial charge in [0.15, 0.2) is 0 Å². The molecule has 26 heavy (non-hydrogen) atoms. The van der Waals surface area contributed by atoms with Crippen LogP contribution in [0.25, 0.3) is 11.3 Å². The van der Waals surface area contributed by atoms with Crippen molar-refractivity contribution in [2.24, 2.45) is 0 Å². The van der Waals surface area contributed by atoms with E-state index in [1.165, 1.54) is 10.9 Å². The lowest BCUT2D eigenvalue weighted by molar-refractivity contribution is 0.0706. The lowest BCUT2D eigenvalue weighted by atomic mass is 9.92. The summed E-state index contributed by atoms with van der Waals surface area (Å²) in [6, 6.07) is 6.54. The molecule has 3 N–H and O–H groups in total. The van der Waals surface area contributed by atoms with E-state index in [0.29, 0.717) is 29.7 Å². The van der Waals surface area contributed by atoms with Gasteiger partial charge in [-0.25, -0.2) is 15.3 Å². The van der Waals surface area contributed by atoms with Crippen LogP contribution in [0.5, 0.6) is 0 Å². The molecule has 8 nitrogen and oxygen atoms in total. The minimum atomic E-state index is -0.610. The summed E-state index contributed by atoms with van der Waals surface area (Å²) < 4.78 is 1.42. The van der Waals surface area contributed by atoms with Gasteiger partial charge in [-0.2, -0.15) is 0 Å². The highest BCUT2D eigenvalue weighted by Crippen LogP contribution is 2.23. The first kappa shape index (κ1) is 18.1. The Morgan fingerprint density at radius 3 is 2.69 bits per heavy atom. The fourth-order valence-electron chi connectivity index (χ4n) is 3.24. The number of hydrogen-bond acceptors (Lipinski definition) is 5. The number of aliphatic hydroxyl groups excluding tert-OH is 1. The first-order chi connectivity index (χ1) is 12.5. The van der Waals surface area contributed by atoms with Crippen LogP contribution in [-0.4, -0.2) is 55.9 Å². The second kappa shape index (κ2) is 7.67. The number of hydrogen-bond donors (Lipinski definition) is 3. The molecular weight excluding hydrogens is 336 g/mol. The Morgan fingerprint density at radius 1 is 1.27 bits per heavy atom. The molecule has 0 spiro atoms. The van der Waals surface area contributed by atoms with Crippen LogP contribution in [0, 0.1) is 0 Å². The van der Waals surface area contributed by atoms with E-state index in [1.807, 2.05) is 0 Å². The topological polar surface area (TPSA) is 108 Å². The Bertz CT molecular complexity index is 796. The molecule has 1 aliphatic carbocycles. The zero-order valence-electron chi connectivity index (χ0n) is 14.5. The molecule has 0 aliphatic heterocycles. The van der Waals surface area contributed by atoms with E-state index in [9.17, 15) is 14.7 Å². The van der Waals surface area contributed by atoms with Crippen molar-refractivity contribution in [2.45, 2.75) is 37.8 Å². The first-order valence-electron chi connectivity index (χ1n) is 8.53. The smallest absolute Gasteiger partial charge is 0.329 e. The predicted octanol–water partition coefficient (Wildman–Crippen LogP) is 1.87. The van der Waals surface area contributed by atoms with Crippen molar-refractivity contribution in [1.29, 1.82) is 0 Å².